The maximum atomic E-state index is 13.2. The van der Waals surface area contributed by atoms with Crippen LogP contribution in [0.25, 0.3) is 20.2 Å². The molecule has 4 bridgehead atoms. The van der Waals surface area contributed by atoms with Gasteiger partial charge in [-0.25, -0.2) is 0 Å². The fourth-order valence-corrected chi connectivity index (χ4v) is 12.9. The van der Waals surface area contributed by atoms with Crippen LogP contribution in [-0.2, 0) is 9.59 Å². The van der Waals surface area contributed by atoms with Crippen molar-refractivity contribution < 1.29 is 39.6 Å². The third-order valence-corrected chi connectivity index (χ3v) is 17.0. The number of carboxylic acids is 2. The van der Waals surface area contributed by atoms with E-state index in [1.807, 2.05) is 22.9 Å². The van der Waals surface area contributed by atoms with Gasteiger partial charge in [-0.15, -0.1) is 22.7 Å². The fraction of sp³-hybridized carbons (Fsp3) is 0.520. The van der Waals surface area contributed by atoms with Crippen molar-refractivity contribution in [1.29, 1.82) is 0 Å². The first-order chi connectivity index (χ1) is 29.5. The minimum Gasteiger partial charge on any atom is -0.508 e. The van der Waals surface area contributed by atoms with E-state index in [4.69, 9.17) is 10.2 Å². The van der Waals surface area contributed by atoms with Crippen LogP contribution >= 0.6 is 22.7 Å². The van der Waals surface area contributed by atoms with E-state index in [1.165, 1.54) is 35.5 Å². The number of benzene rings is 2. The molecule has 6 N–H and O–H groups in total. The quantitative estimate of drug-likeness (QED) is 0.0476. The zero-order valence-electron chi connectivity index (χ0n) is 36.3. The minimum atomic E-state index is -0.750. The van der Waals surface area contributed by atoms with Crippen molar-refractivity contribution in [2.24, 2.45) is 46.3 Å². The lowest BCUT2D eigenvalue weighted by Crippen LogP contribution is -2.63. The third-order valence-electron chi connectivity index (χ3n) is 15.1. The summed E-state index contributed by atoms with van der Waals surface area (Å²) in [4.78, 5) is 47.8. The van der Waals surface area contributed by atoms with Gasteiger partial charge in [0.15, 0.2) is 0 Å². The van der Waals surface area contributed by atoms with Crippen molar-refractivity contribution in [3.8, 4) is 11.5 Å². The van der Waals surface area contributed by atoms with Crippen molar-refractivity contribution >= 4 is 66.6 Å². The van der Waals surface area contributed by atoms with E-state index in [9.17, 15) is 29.4 Å². The summed E-state index contributed by atoms with van der Waals surface area (Å²) in [6.07, 6.45) is 18.2. The number of aromatic hydroxyl groups is 2. The molecular weight excluding hydrogens is 821 g/mol. The Morgan fingerprint density at radius 1 is 0.629 bits per heavy atom. The summed E-state index contributed by atoms with van der Waals surface area (Å²) >= 11 is 3.05. The van der Waals surface area contributed by atoms with Crippen LogP contribution in [0.5, 0.6) is 11.5 Å². The lowest BCUT2D eigenvalue weighted by molar-refractivity contribution is -0.138. The topological polar surface area (TPSA) is 173 Å². The van der Waals surface area contributed by atoms with Crippen molar-refractivity contribution in [2.75, 3.05) is 0 Å². The molecule has 8 atom stereocenters. The number of allylic oxidation sites excluding steroid dienone is 4. The number of unbranched alkanes of at least 4 members (excludes halogenated alkanes) is 2. The highest BCUT2D eigenvalue weighted by molar-refractivity contribution is 7.18. The highest BCUT2D eigenvalue weighted by Crippen LogP contribution is 2.62. The highest BCUT2D eigenvalue weighted by Gasteiger charge is 2.58. The van der Waals surface area contributed by atoms with Crippen LogP contribution in [0.3, 0.4) is 0 Å². The standard InChI is InChI=1S/2C25H31NO4S/c2*1-25(2)16-11-15(7-5-3-4-6-8-22(28)29)23(20(25)12-16)26-24(30)19-14-31-21-10-9-17(27)13-18(19)21/h2*3,5,9-10,13-16,20,23,27H,4,6-8,11-12H2,1-2H3,(H,26,30)(H,28,29)/b5-3+;5-3-/t2*15-,16-,20-,23?/m00/s1. The van der Waals surface area contributed by atoms with Gasteiger partial charge >= 0.3 is 11.9 Å². The predicted molar refractivity (Wildman–Crippen MR) is 247 cm³/mol. The molecule has 2 heterocycles. The van der Waals surface area contributed by atoms with Crippen LogP contribution in [0.15, 0.2) is 71.5 Å². The number of aliphatic carboxylic acids is 2. The van der Waals surface area contributed by atoms with E-state index < -0.39 is 11.9 Å². The van der Waals surface area contributed by atoms with Crippen LogP contribution < -0.4 is 10.6 Å². The fourth-order valence-electron chi connectivity index (χ4n) is 11.1. The van der Waals surface area contributed by atoms with Crippen molar-refractivity contribution in [3.05, 3.63) is 82.6 Å². The number of nitrogens with one attached hydrogen (secondary N) is 2. The lowest BCUT2D eigenvalue weighted by atomic mass is 9.44. The van der Waals surface area contributed by atoms with E-state index in [1.54, 1.807) is 24.3 Å². The lowest BCUT2D eigenvalue weighted by Gasteiger charge is -2.62. The van der Waals surface area contributed by atoms with Crippen LogP contribution in [0.4, 0.5) is 0 Å². The molecule has 332 valence electrons. The summed E-state index contributed by atoms with van der Waals surface area (Å²) in [7, 11) is 0. The SMILES string of the molecule is CC1(C)[C@H]2C[C@H](C/C=C/CCCC(=O)O)C(NC(=O)c3csc4ccc(O)cc34)[C@@H]1C2.CC1(C)[C@H]2C[C@H](C/C=C\CCCC(=O)O)C(NC(=O)c3csc4ccc(O)cc34)[C@@H]1C2. The monoisotopic (exact) mass is 882 g/mol. The second kappa shape index (κ2) is 19.0. The molecule has 0 spiro atoms. The Hall–Kier alpha value is -4.68. The van der Waals surface area contributed by atoms with Gasteiger partial charge in [-0.1, -0.05) is 52.0 Å². The molecule has 2 aromatic carbocycles. The van der Waals surface area contributed by atoms with E-state index >= 15 is 0 Å². The van der Waals surface area contributed by atoms with Gasteiger partial charge in [-0.3, -0.25) is 19.2 Å². The molecule has 12 heteroatoms. The Balaban J connectivity index is 0.000000186. The largest absolute Gasteiger partial charge is 0.508 e. The van der Waals surface area contributed by atoms with Gasteiger partial charge in [-0.2, -0.15) is 0 Å². The number of thiophene rings is 2. The Kier molecular flexibility index (Phi) is 13.9. The van der Waals surface area contributed by atoms with Gasteiger partial charge in [0.25, 0.3) is 11.8 Å². The second-order valence-corrected chi connectivity index (χ2v) is 21.2. The number of fused-ring (bicyclic) bond motifs is 6. The number of carbonyl (C=O) groups is 4. The minimum absolute atomic E-state index is 0.0570. The third kappa shape index (κ3) is 9.76. The molecule has 6 fully saturated rings. The molecule has 4 aromatic rings. The van der Waals surface area contributed by atoms with Crippen LogP contribution in [-0.4, -0.2) is 56.3 Å². The number of hydrogen-bond donors (Lipinski definition) is 6. The number of amides is 2. The average molecular weight is 883 g/mol. The number of carboxylic acid groups (broad SMARTS) is 2. The Bertz CT molecular complexity index is 2180. The van der Waals surface area contributed by atoms with Gasteiger partial charge in [-0.05, 0) is 147 Å². The first kappa shape index (κ1) is 45.3. The summed E-state index contributed by atoms with van der Waals surface area (Å²) in [5, 5.41) is 49.3. The van der Waals surface area contributed by atoms with Crippen molar-refractivity contribution in [1.82, 2.24) is 10.6 Å². The average Bonchev–Trinajstić information content (AvgIpc) is 3.85. The van der Waals surface area contributed by atoms with Gasteiger partial charge in [0.05, 0.1) is 11.1 Å². The molecule has 10 rings (SSSR count). The summed E-state index contributed by atoms with van der Waals surface area (Å²) < 4.78 is 1.99. The summed E-state index contributed by atoms with van der Waals surface area (Å²) in [5.74, 6) is 1.88. The molecule has 2 amide bonds. The Morgan fingerprint density at radius 2 is 1.03 bits per heavy atom. The van der Waals surface area contributed by atoms with E-state index in [0.29, 0.717) is 59.5 Å². The van der Waals surface area contributed by atoms with E-state index in [0.717, 1.165) is 58.7 Å². The molecule has 62 heavy (non-hydrogen) atoms. The van der Waals surface area contributed by atoms with Crippen molar-refractivity contribution in [2.45, 2.75) is 117 Å². The maximum Gasteiger partial charge on any atom is 0.303 e. The van der Waals surface area contributed by atoms with E-state index in [-0.39, 0.29) is 59.1 Å². The molecule has 0 saturated heterocycles. The number of hydrogen-bond acceptors (Lipinski definition) is 8. The maximum absolute atomic E-state index is 13.2. The predicted octanol–water partition coefficient (Wildman–Crippen LogP) is 11.2. The van der Waals surface area contributed by atoms with Crippen LogP contribution in [0.2, 0.25) is 0 Å². The second-order valence-electron chi connectivity index (χ2n) is 19.4. The molecule has 10 nitrogen and oxygen atoms in total. The summed E-state index contributed by atoms with van der Waals surface area (Å²) in [6.45, 7) is 9.28. The van der Waals surface area contributed by atoms with Crippen molar-refractivity contribution in [3.63, 3.8) is 0 Å². The molecule has 6 aliphatic rings. The van der Waals surface area contributed by atoms with Gasteiger partial charge < -0.3 is 31.1 Å². The molecule has 2 unspecified atom stereocenters. The Labute approximate surface area is 372 Å². The zero-order chi connectivity index (χ0) is 44.3. The molecule has 2 aromatic heterocycles. The molecular formula is C50H62N2O8S2. The highest BCUT2D eigenvalue weighted by atomic mass is 32.1. The zero-order valence-corrected chi connectivity index (χ0v) is 37.9. The number of rotatable bonds is 16. The van der Waals surface area contributed by atoms with E-state index in [2.05, 4.69) is 62.6 Å². The van der Waals surface area contributed by atoms with Gasteiger partial charge in [0.1, 0.15) is 11.5 Å². The first-order valence-corrected chi connectivity index (χ1v) is 24.1. The van der Waals surface area contributed by atoms with Gasteiger partial charge in [0.2, 0.25) is 0 Å². The normalized spacial score (nSPS) is 26.6. The molecule has 0 aliphatic heterocycles. The van der Waals surface area contributed by atoms with Crippen LogP contribution in [0.1, 0.15) is 125 Å². The summed E-state index contributed by atoms with van der Waals surface area (Å²) in [6, 6.07) is 10.6. The van der Waals surface area contributed by atoms with Gasteiger partial charge in [0, 0.05) is 55.9 Å². The van der Waals surface area contributed by atoms with Crippen LogP contribution in [0, 0.1) is 46.3 Å². The number of phenols is 2. The molecule has 6 saturated carbocycles. The summed E-state index contributed by atoms with van der Waals surface area (Å²) in [5.41, 5.74) is 1.76. The number of phenolic OH excluding ortho intramolecular Hbond substituents is 2. The molecule has 0 radical (unpaired) electrons. The molecule has 6 aliphatic carbocycles. The Morgan fingerprint density at radius 3 is 1.40 bits per heavy atom. The smallest absolute Gasteiger partial charge is 0.303 e. The first-order valence-electron chi connectivity index (χ1n) is 22.3. The number of carbonyl (C=O) groups excluding carboxylic acids is 2.